The summed E-state index contributed by atoms with van der Waals surface area (Å²) in [5.41, 5.74) is -0.367. The van der Waals surface area contributed by atoms with Crippen molar-refractivity contribution >= 4 is 28.7 Å². The second-order valence-corrected chi connectivity index (χ2v) is 5.46. The summed E-state index contributed by atoms with van der Waals surface area (Å²) in [6.07, 6.45) is 1.59. The quantitative estimate of drug-likeness (QED) is 0.649. The van der Waals surface area contributed by atoms with E-state index in [9.17, 15) is 9.59 Å². The van der Waals surface area contributed by atoms with Crippen LogP contribution in [0.1, 0.15) is 0 Å². The minimum absolute atomic E-state index is 0.301. The Morgan fingerprint density at radius 2 is 2.12 bits per heavy atom. The largest absolute Gasteiger partial charge is 0.475 e. The summed E-state index contributed by atoms with van der Waals surface area (Å²) >= 11 is 5.95. The molecule has 0 spiro atoms. The number of aromatic nitrogens is 5. The maximum absolute atomic E-state index is 11.9. The number of pyridine rings is 1. The van der Waals surface area contributed by atoms with Crippen LogP contribution >= 0.6 is 11.6 Å². The van der Waals surface area contributed by atoms with Crippen molar-refractivity contribution in [1.82, 2.24) is 24.1 Å². The third kappa shape index (κ3) is 2.85. The molecule has 0 aliphatic carbocycles. The number of nitrogens with one attached hydrogen (secondary N) is 2. The molecule has 0 radical (unpaired) electrons. The number of hydrogen-bond donors (Lipinski definition) is 2. The van der Waals surface area contributed by atoms with Crippen LogP contribution in [0.2, 0.25) is 5.02 Å². The van der Waals surface area contributed by atoms with Gasteiger partial charge in [0, 0.05) is 20.3 Å². The van der Waals surface area contributed by atoms with Gasteiger partial charge in [-0.25, -0.2) is 9.78 Å². The molecule has 3 aromatic rings. The van der Waals surface area contributed by atoms with E-state index in [1.165, 1.54) is 4.57 Å². The van der Waals surface area contributed by atoms with Gasteiger partial charge >= 0.3 is 5.69 Å². The molecule has 9 nitrogen and oxygen atoms in total. The van der Waals surface area contributed by atoms with Crippen molar-refractivity contribution in [3.63, 3.8) is 0 Å². The van der Waals surface area contributed by atoms with E-state index in [4.69, 9.17) is 16.3 Å². The van der Waals surface area contributed by atoms with Crippen LogP contribution in [0.5, 0.6) is 5.88 Å². The molecule has 0 aliphatic heterocycles. The first-order valence-electron chi connectivity index (χ1n) is 7.12. The molecule has 0 bridgehead atoms. The molecule has 0 fully saturated rings. The lowest BCUT2D eigenvalue weighted by Gasteiger charge is -2.08. The van der Waals surface area contributed by atoms with Gasteiger partial charge in [0.05, 0.1) is 6.54 Å². The molecule has 0 unspecified atom stereocenters. The fourth-order valence-corrected chi connectivity index (χ4v) is 2.43. The van der Waals surface area contributed by atoms with Crippen molar-refractivity contribution in [3.8, 4) is 5.88 Å². The van der Waals surface area contributed by atoms with E-state index in [2.05, 4.69) is 20.3 Å². The fraction of sp³-hybridized carbons (Fsp3) is 0.286. The lowest BCUT2D eigenvalue weighted by Crippen LogP contribution is -2.29. The minimum atomic E-state index is -0.509. The number of nitrogens with zero attached hydrogens (tertiary/aromatic N) is 4. The second kappa shape index (κ2) is 6.36. The molecule has 0 saturated carbocycles. The summed E-state index contributed by atoms with van der Waals surface area (Å²) in [7, 11) is 3.23. The summed E-state index contributed by atoms with van der Waals surface area (Å²) in [6, 6.07) is 3.41. The number of hydrogen-bond acceptors (Lipinski definition) is 6. The number of aromatic amines is 1. The lowest BCUT2D eigenvalue weighted by molar-refractivity contribution is 0.320. The normalized spacial score (nSPS) is 11.0. The highest BCUT2D eigenvalue weighted by Crippen LogP contribution is 2.19. The fourth-order valence-electron chi connectivity index (χ4n) is 2.25. The number of imidazole rings is 1. The standard InChI is InChI=1S/C14H15ClN6O3/c1-20-9-10(21(2)14(23)19-11(9)22)18-13(20)17-6-7-24-12-8(15)4-3-5-16-12/h3-5H,6-7H2,1-2H3,(H,17,18)(H,19,22,23). The topological polar surface area (TPSA) is 107 Å². The first-order valence-corrected chi connectivity index (χ1v) is 7.49. The highest BCUT2D eigenvalue weighted by molar-refractivity contribution is 6.31. The molecule has 3 rings (SSSR count). The number of H-pyrrole nitrogens is 1. The van der Waals surface area contributed by atoms with Gasteiger partial charge in [0.2, 0.25) is 11.8 Å². The van der Waals surface area contributed by atoms with Crippen molar-refractivity contribution in [2.75, 3.05) is 18.5 Å². The third-order valence-corrected chi connectivity index (χ3v) is 3.77. The smallest absolute Gasteiger partial charge is 0.329 e. The summed E-state index contributed by atoms with van der Waals surface area (Å²) in [5.74, 6) is 0.803. The summed E-state index contributed by atoms with van der Waals surface area (Å²) in [5, 5.41) is 3.49. The predicted octanol–water partition coefficient (Wildman–Crippen LogP) is 0.500. The van der Waals surface area contributed by atoms with Gasteiger partial charge in [0.15, 0.2) is 11.2 Å². The first kappa shape index (κ1) is 16.1. The van der Waals surface area contributed by atoms with Crippen molar-refractivity contribution in [3.05, 3.63) is 44.2 Å². The van der Waals surface area contributed by atoms with Crippen LogP contribution in [-0.2, 0) is 14.1 Å². The van der Waals surface area contributed by atoms with Gasteiger partial charge in [-0.2, -0.15) is 4.98 Å². The molecule has 0 saturated heterocycles. The third-order valence-electron chi connectivity index (χ3n) is 3.48. The summed E-state index contributed by atoms with van der Waals surface area (Å²) in [4.78, 5) is 34.1. The molecule has 0 aromatic carbocycles. The van der Waals surface area contributed by atoms with Crippen LogP contribution in [0.25, 0.3) is 11.2 Å². The molecule has 0 atom stereocenters. The zero-order valence-electron chi connectivity index (χ0n) is 13.0. The Morgan fingerprint density at radius 3 is 2.88 bits per heavy atom. The highest BCUT2D eigenvalue weighted by Gasteiger charge is 2.14. The number of aryl methyl sites for hydroxylation is 2. The van der Waals surface area contributed by atoms with Crippen LogP contribution in [0.4, 0.5) is 5.95 Å². The molecular weight excluding hydrogens is 336 g/mol. The molecular formula is C14H15ClN6O3. The Bertz CT molecular complexity index is 1010. The lowest BCUT2D eigenvalue weighted by atomic mass is 10.5. The maximum atomic E-state index is 11.9. The number of halogens is 1. The van der Waals surface area contributed by atoms with Gasteiger partial charge in [0.25, 0.3) is 5.56 Å². The Morgan fingerprint density at radius 1 is 1.33 bits per heavy atom. The predicted molar refractivity (Wildman–Crippen MR) is 89.8 cm³/mol. The van der Waals surface area contributed by atoms with Gasteiger partial charge in [-0.15, -0.1) is 0 Å². The molecule has 3 heterocycles. The van der Waals surface area contributed by atoms with Crippen molar-refractivity contribution in [1.29, 1.82) is 0 Å². The van der Waals surface area contributed by atoms with Crippen molar-refractivity contribution in [2.45, 2.75) is 0 Å². The van der Waals surface area contributed by atoms with Crippen molar-refractivity contribution in [2.24, 2.45) is 14.1 Å². The van der Waals surface area contributed by atoms with E-state index in [0.717, 1.165) is 0 Å². The van der Waals surface area contributed by atoms with Crippen LogP contribution in [-0.4, -0.2) is 37.2 Å². The zero-order chi connectivity index (χ0) is 17.3. The van der Waals surface area contributed by atoms with E-state index >= 15 is 0 Å². The number of fused-ring (bicyclic) bond motifs is 1. The highest BCUT2D eigenvalue weighted by atomic mass is 35.5. The van der Waals surface area contributed by atoms with E-state index in [0.29, 0.717) is 41.2 Å². The number of anilines is 1. The van der Waals surface area contributed by atoms with Crippen molar-refractivity contribution < 1.29 is 4.74 Å². The molecule has 10 heteroatoms. The number of rotatable bonds is 5. The Balaban J connectivity index is 1.74. The molecule has 126 valence electrons. The maximum Gasteiger partial charge on any atom is 0.329 e. The second-order valence-electron chi connectivity index (χ2n) is 5.05. The van der Waals surface area contributed by atoms with Gasteiger partial charge in [0.1, 0.15) is 11.6 Å². The monoisotopic (exact) mass is 350 g/mol. The van der Waals surface area contributed by atoms with Crippen LogP contribution in [0.15, 0.2) is 27.9 Å². The van der Waals surface area contributed by atoms with Crippen LogP contribution in [0.3, 0.4) is 0 Å². The SMILES string of the molecule is Cn1c(NCCOc2ncccc2Cl)nc2c1c(=O)[nH]c(=O)n2C. The van der Waals surface area contributed by atoms with E-state index < -0.39 is 11.2 Å². The van der Waals surface area contributed by atoms with Crippen LogP contribution in [0, 0.1) is 0 Å². The van der Waals surface area contributed by atoms with Gasteiger partial charge in [-0.3, -0.25) is 14.3 Å². The molecule has 24 heavy (non-hydrogen) atoms. The average molecular weight is 351 g/mol. The molecule has 0 amide bonds. The molecule has 0 aliphatic rings. The molecule has 2 N–H and O–H groups in total. The van der Waals surface area contributed by atoms with Gasteiger partial charge < -0.3 is 14.6 Å². The minimum Gasteiger partial charge on any atom is -0.475 e. The van der Waals surface area contributed by atoms with Gasteiger partial charge in [-0.1, -0.05) is 11.6 Å². The Kier molecular flexibility index (Phi) is 4.26. The Labute approximate surface area is 140 Å². The van der Waals surface area contributed by atoms with Crippen LogP contribution < -0.4 is 21.3 Å². The molecule has 3 aromatic heterocycles. The van der Waals surface area contributed by atoms with Gasteiger partial charge in [-0.05, 0) is 12.1 Å². The number of ether oxygens (including phenoxy) is 1. The average Bonchev–Trinajstić information content (AvgIpc) is 2.88. The summed E-state index contributed by atoms with van der Waals surface area (Å²) < 4.78 is 8.34. The zero-order valence-corrected chi connectivity index (χ0v) is 13.8. The Hall–Kier alpha value is -2.81. The van der Waals surface area contributed by atoms with E-state index in [1.807, 2.05) is 0 Å². The summed E-state index contributed by atoms with van der Waals surface area (Å²) in [6.45, 7) is 0.713. The van der Waals surface area contributed by atoms with E-state index in [1.54, 1.807) is 37.0 Å². The first-order chi connectivity index (χ1) is 11.5. The van der Waals surface area contributed by atoms with E-state index in [-0.39, 0.29) is 0 Å².